The number of aromatic nitrogens is 2. The van der Waals surface area contributed by atoms with Crippen LogP contribution in [0.25, 0.3) is 5.69 Å². The van der Waals surface area contributed by atoms with Crippen LogP contribution in [0, 0.1) is 6.92 Å². The van der Waals surface area contributed by atoms with Crippen molar-refractivity contribution in [2.75, 3.05) is 13.2 Å². The molecule has 0 atom stereocenters. The number of benzene rings is 1. The normalized spacial score (nSPS) is 10.8. The molecule has 0 bridgehead atoms. The highest BCUT2D eigenvalue weighted by Crippen LogP contribution is 2.32. The largest absolute Gasteiger partial charge is 0.465 e. The minimum absolute atomic E-state index is 0.158. The number of esters is 2. The van der Waals surface area contributed by atoms with Crippen LogP contribution in [0.1, 0.15) is 30.9 Å². The summed E-state index contributed by atoms with van der Waals surface area (Å²) >= 11 is 12.3. The van der Waals surface area contributed by atoms with E-state index in [1.165, 1.54) is 10.9 Å². The monoisotopic (exact) mass is 384 g/mol. The Hall–Kier alpha value is -2.05. The number of nitrogens with zero attached hydrogens (tertiary/aromatic N) is 2. The molecule has 8 heteroatoms. The molecule has 2 aromatic rings. The van der Waals surface area contributed by atoms with Crippen molar-refractivity contribution in [3.8, 4) is 5.69 Å². The fourth-order valence-corrected chi connectivity index (χ4v) is 2.80. The summed E-state index contributed by atoms with van der Waals surface area (Å²) in [5, 5.41) is 4.93. The summed E-state index contributed by atoms with van der Waals surface area (Å²) in [6, 6.07) is 3.31. The molecule has 0 aliphatic rings. The third kappa shape index (κ3) is 4.14. The van der Waals surface area contributed by atoms with Crippen LogP contribution in [-0.4, -0.2) is 34.9 Å². The number of hydrogen-bond acceptors (Lipinski definition) is 5. The van der Waals surface area contributed by atoms with Crippen LogP contribution < -0.4 is 0 Å². The second-order valence-corrected chi connectivity index (χ2v) is 5.97. The average Bonchev–Trinajstić information content (AvgIpc) is 2.98. The Morgan fingerprint density at radius 2 is 1.76 bits per heavy atom. The molecule has 0 spiro atoms. The van der Waals surface area contributed by atoms with E-state index >= 15 is 0 Å². The molecule has 25 heavy (non-hydrogen) atoms. The van der Waals surface area contributed by atoms with Gasteiger partial charge in [0, 0.05) is 6.20 Å². The number of rotatable bonds is 6. The van der Waals surface area contributed by atoms with Gasteiger partial charge in [-0.15, -0.1) is 0 Å². The van der Waals surface area contributed by atoms with E-state index in [1.807, 2.05) is 0 Å². The second-order valence-electron chi connectivity index (χ2n) is 5.15. The summed E-state index contributed by atoms with van der Waals surface area (Å²) in [6.45, 7) is 5.38. The second kappa shape index (κ2) is 8.36. The van der Waals surface area contributed by atoms with Gasteiger partial charge >= 0.3 is 11.9 Å². The standard InChI is InChI=1S/C17H18Cl2N2O4/c1-4-24-16(22)14(17(23)25-5-2)12-6-7-13(15(19)10(12)3)21-9-11(18)8-20-21/h6-9,14H,4-5H2,1-3H3. The van der Waals surface area contributed by atoms with E-state index < -0.39 is 17.9 Å². The van der Waals surface area contributed by atoms with E-state index in [0.29, 0.717) is 26.9 Å². The summed E-state index contributed by atoms with van der Waals surface area (Å²) in [5.74, 6) is -2.53. The van der Waals surface area contributed by atoms with Gasteiger partial charge in [-0.05, 0) is 38.0 Å². The maximum absolute atomic E-state index is 12.3. The van der Waals surface area contributed by atoms with Gasteiger partial charge in [-0.25, -0.2) is 4.68 Å². The van der Waals surface area contributed by atoms with Crippen LogP contribution in [0.5, 0.6) is 0 Å². The quantitative estimate of drug-likeness (QED) is 0.560. The first-order valence-corrected chi connectivity index (χ1v) is 8.49. The molecule has 0 amide bonds. The first-order valence-electron chi connectivity index (χ1n) is 7.73. The zero-order valence-electron chi connectivity index (χ0n) is 14.1. The van der Waals surface area contributed by atoms with E-state index in [1.54, 1.807) is 39.1 Å². The number of carbonyl (C=O) groups is 2. The highest BCUT2D eigenvalue weighted by atomic mass is 35.5. The number of carbonyl (C=O) groups excluding carboxylic acids is 2. The summed E-state index contributed by atoms with van der Waals surface area (Å²) in [5.41, 5.74) is 1.59. The number of ether oxygens (including phenoxy) is 2. The van der Waals surface area contributed by atoms with Crippen LogP contribution in [0.3, 0.4) is 0 Å². The Kier molecular flexibility index (Phi) is 6.45. The summed E-state index contributed by atoms with van der Waals surface area (Å²) in [7, 11) is 0. The lowest BCUT2D eigenvalue weighted by atomic mass is 9.94. The van der Waals surface area contributed by atoms with Crippen LogP contribution in [-0.2, 0) is 19.1 Å². The molecule has 0 radical (unpaired) electrons. The predicted octanol–water partition coefficient (Wildman–Crippen LogP) is 3.70. The fourth-order valence-electron chi connectivity index (χ4n) is 2.41. The first-order chi connectivity index (χ1) is 11.9. The Balaban J connectivity index is 2.49. The molecular formula is C17H18Cl2N2O4. The molecule has 0 fully saturated rings. The van der Waals surface area contributed by atoms with Gasteiger partial charge in [-0.1, -0.05) is 29.3 Å². The topological polar surface area (TPSA) is 70.4 Å². The molecule has 1 aromatic carbocycles. The molecule has 0 N–H and O–H groups in total. The molecule has 0 saturated carbocycles. The molecule has 1 aromatic heterocycles. The average molecular weight is 385 g/mol. The van der Waals surface area contributed by atoms with Crippen molar-refractivity contribution in [3.63, 3.8) is 0 Å². The summed E-state index contributed by atoms with van der Waals surface area (Å²) in [4.78, 5) is 24.6. The van der Waals surface area contributed by atoms with Crippen LogP contribution in [0.15, 0.2) is 24.5 Å². The molecule has 0 aliphatic heterocycles. The van der Waals surface area contributed by atoms with E-state index in [2.05, 4.69) is 5.10 Å². The number of hydrogen-bond donors (Lipinski definition) is 0. The molecule has 134 valence electrons. The summed E-state index contributed by atoms with van der Waals surface area (Å²) < 4.78 is 11.6. The number of halogens is 2. The minimum atomic E-state index is -1.19. The Bertz CT molecular complexity index is 771. The van der Waals surface area contributed by atoms with Crippen molar-refractivity contribution in [2.24, 2.45) is 0 Å². The van der Waals surface area contributed by atoms with Gasteiger partial charge in [0.05, 0.1) is 35.1 Å². The van der Waals surface area contributed by atoms with Crippen molar-refractivity contribution < 1.29 is 19.1 Å². The minimum Gasteiger partial charge on any atom is -0.465 e. The van der Waals surface area contributed by atoms with Gasteiger partial charge in [0.15, 0.2) is 5.92 Å². The van der Waals surface area contributed by atoms with Crippen LogP contribution >= 0.6 is 23.2 Å². The summed E-state index contributed by atoms with van der Waals surface area (Å²) in [6.07, 6.45) is 3.09. The maximum atomic E-state index is 12.3. The lowest BCUT2D eigenvalue weighted by molar-refractivity contribution is -0.156. The highest BCUT2D eigenvalue weighted by molar-refractivity contribution is 6.33. The van der Waals surface area contributed by atoms with Crippen molar-refractivity contribution in [1.29, 1.82) is 0 Å². The fraction of sp³-hybridized carbons (Fsp3) is 0.353. The van der Waals surface area contributed by atoms with E-state index in [0.717, 1.165) is 0 Å². The maximum Gasteiger partial charge on any atom is 0.324 e. The van der Waals surface area contributed by atoms with Crippen molar-refractivity contribution in [1.82, 2.24) is 9.78 Å². The smallest absolute Gasteiger partial charge is 0.324 e. The molecular weight excluding hydrogens is 367 g/mol. The molecule has 0 aliphatic carbocycles. The Labute approximate surface area is 155 Å². The van der Waals surface area contributed by atoms with Crippen molar-refractivity contribution >= 4 is 35.1 Å². The van der Waals surface area contributed by atoms with Crippen LogP contribution in [0.2, 0.25) is 10.0 Å². The SMILES string of the molecule is CCOC(=O)C(C(=O)OCC)c1ccc(-n2cc(Cl)cn2)c(Cl)c1C. The van der Waals surface area contributed by atoms with Gasteiger partial charge in [0.1, 0.15) is 0 Å². The van der Waals surface area contributed by atoms with E-state index in [-0.39, 0.29) is 13.2 Å². The molecule has 0 saturated heterocycles. The van der Waals surface area contributed by atoms with Gasteiger partial charge in [0.25, 0.3) is 0 Å². The zero-order valence-corrected chi connectivity index (χ0v) is 15.6. The first kappa shape index (κ1) is 19.3. The van der Waals surface area contributed by atoms with E-state index in [4.69, 9.17) is 32.7 Å². The third-order valence-electron chi connectivity index (χ3n) is 3.56. The highest BCUT2D eigenvalue weighted by Gasteiger charge is 2.33. The van der Waals surface area contributed by atoms with Gasteiger partial charge < -0.3 is 9.47 Å². The lowest BCUT2D eigenvalue weighted by Crippen LogP contribution is -2.27. The Morgan fingerprint density at radius 3 is 2.24 bits per heavy atom. The predicted molar refractivity (Wildman–Crippen MR) is 94.3 cm³/mol. The van der Waals surface area contributed by atoms with Gasteiger partial charge in [0.2, 0.25) is 0 Å². The van der Waals surface area contributed by atoms with Crippen molar-refractivity contribution in [2.45, 2.75) is 26.7 Å². The lowest BCUT2D eigenvalue weighted by Gasteiger charge is -2.18. The van der Waals surface area contributed by atoms with Crippen LogP contribution in [0.4, 0.5) is 0 Å². The molecule has 2 rings (SSSR count). The van der Waals surface area contributed by atoms with Crippen molar-refractivity contribution in [3.05, 3.63) is 45.7 Å². The Morgan fingerprint density at radius 1 is 1.16 bits per heavy atom. The molecule has 6 nitrogen and oxygen atoms in total. The third-order valence-corrected chi connectivity index (χ3v) is 4.23. The molecule has 1 heterocycles. The van der Waals surface area contributed by atoms with Gasteiger partial charge in [-0.3, -0.25) is 9.59 Å². The zero-order chi connectivity index (χ0) is 18.6. The van der Waals surface area contributed by atoms with E-state index in [9.17, 15) is 9.59 Å². The molecule has 0 unspecified atom stereocenters. The van der Waals surface area contributed by atoms with Gasteiger partial charge in [-0.2, -0.15) is 5.10 Å².